The molecule has 1 aliphatic rings. The molecule has 3 rings (SSSR count). The summed E-state index contributed by atoms with van der Waals surface area (Å²) in [5.41, 5.74) is 1.98. The van der Waals surface area contributed by atoms with Crippen molar-refractivity contribution in [3.8, 4) is 0 Å². The number of nitro benzene ring substituents is 1. The third-order valence-electron chi connectivity index (χ3n) is 4.33. The van der Waals surface area contributed by atoms with Gasteiger partial charge in [-0.2, -0.15) is 0 Å². The fraction of sp³-hybridized carbons (Fsp3) is 0.222. The number of benzene rings is 2. The summed E-state index contributed by atoms with van der Waals surface area (Å²) in [4.78, 5) is 36.5. The van der Waals surface area contributed by atoms with Gasteiger partial charge in [-0.1, -0.05) is 17.7 Å². The fourth-order valence-corrected chi connectivity index (χ4v) is 3.02. The van der Waals surface area contributed by atoms with E-state index in [0.29, 0.717) is 16.4 Å². The number of halogens is 1. The largest absolute Gasteiger partial charge is 0.325 e. The molecule has 0 radical (unpaired) electrons. The van der Waals surface area contributed by atoms with Gasteiger partial charge in [-0.25, -0.2) is 0 Å². The van der Waals surface area contributed by atoms with Crippen molar-refractivity contribution in [2.24, 2.45) is 5.92 Å². The molecule has 0 bridgehead atoms. The summed E-state index contributed by atoms with van der Waals surface area (Å²) in [5, 5.41) is 14.1. The number of nitro groups is 1. The molecule has 1 saturated heterocycles. The third kappa shape index (κ3) is 3.67. The minimum absolute atomic E-state index is 0.0499. The number of nitrogens with zero attached hydrogens (tertiary/aromatic N) is 2. The van der Waals surface area contributed by atoms with Crippen LogP contribution in [0.2, 0.25) is 5.02 Å². The van der Waals surface area contributed by atoms with Gasteiger partial charge in [-0.3, -0.25) is 19.7 Å². The number of non-ortho nitro benzene ring substituents is 1. The number of aryl methyl sites for hydroxylation is 1. The highest BCUT2D eigenvalue weighted by Crippen LogP contribution is 2.28. The Labute approximate surface area is 154 Å². The van der Waals surface area contributed by atoms with Gasteiger partial charge in [0.1, 0.15) is 0 Å². The maximum Gasteiger partial charge on any atom is 0.269 e. The molecule has 26 heavy (non-hydrogen) atoms. The molecule has 2 aromatic rings. The maximum absolute atomic E-state index is 12.5. The van der Waals surface area contributed by atoms with Crippen LogP contribution in [-0.2, 0) is 9.59 Å². The maximum atomic E-state index is 12.5. The summed E-state index contributed by atoms with van der Waals surface area (Å²) in [5.74, 6) is -0.953. The highest BCUT2D eigenvalue weighted by atomic mass is 35.5. The fourth-order valence-electron chi connectivity index (χ4n) is 2.85. The Balaban J connectivity index is 1.71. The Hall–Kier alpha value is -2.93. The number of hydrogen-bond donors (Lipinski definition) is 1. The van der Waals surface area contributed by atoms with Gasteiger partial charge in [0.2, 0.25) is 11.8 Å². The first-order valence-electron chi connectivity index (χ1n) is 7.97. The van der Waals surface area contributed by atoms with E-state index in [1.807, 2.05) is 6.92 Å². The SMILES string of the molecule is Cc1ccc(Cl)cc1NC(=O)[C@@H]1CC(=O)N(c2ccc([N+](=O)[O-])cc2)C1. The van der Waals surface area contributed by atoms with Crippen LogP contribution in [0.4, 0.5) is 17.1 Å². The number of anilines is 2. The van der Waals surface area contributed by atoms with E-state index in [-0.39, 0.29) is 30.5 Å². The lowest BCUT2D eigenvalue weighted by molar-refractivity contribution is -0.384. The van der Waals surface area contributed by atoms with E-state index in [1.54, 1.807) is 18.2 Å². The lowest BCUT2D eigenvalue weighted by Gasteiger charge is -2.17. The van der Waals surface area contributed by atoms with Crippen LogP contribution in [0.1, 0.15) is 12.0 Å². The highest BCUT2D eigenvalue weighted by Gasteiger charge is 2.35. The Morgan fingerprint density at radius 3 is 2.62 bits per heavy atom. The smallest absolute Gasteiger partial charge is 0.269 e. The van der Waals surface area contributed by atoms with E-state index in [1.165, 1.54) is 29.2 Å². The van der Waals surface area contributed by atoms with Crippen molar-refractivity contribution >= 4 is 40.5 Å². The average Bonchev–Trinajstić information content (AvgIpc) is 3.00. The minimum Gasteiger partial charge on any atom is -0.325 e. The molecule has 0 spiro atoms. The standard InChI is InChI=1S/C18H16ClN3O4/c1-11-2-3-13(19)9-16(11)20-18(24)12-8-17(23)21(10-12)14-4-6-15(7-5-14)22(25)26/h2-7,9,12H,8,10H2,1H3,(H,20,24)/t12-/m1/s1. The molecule has 2 aromatic carbocycles. The van der Waals surface area contributed by atoms with Crippen molar-refractivity contribution in [2.45, 2.75) is 13.3 Å². The molecule has 0 aliphatic carbocycles. The van der Waals surface area contributed by atoms with Gasteiger partial charge in [0, 0.05) is 41.5 Å². The van der Waals surface area contributed by atoms with Gasteiger partial charge in [-0.15, -0.1) is 0 Å². The Morgan fingerprint density at radius 1 is 1.27 bits per heavy atom. The predicted octanol–water partition coefficient (Wildman–Crippen LogP) is 3.55. The molecular weight excluding hydrogens is 358 g/mol. The lowest BCUT2D eigenvalue weighted by atomic mass is 10.1. The Bertz CT molecular complexity index is 883. The Kier molecular flexibility index (Phi) is 4.90. The molecule has 7 nitrogen and oxygen atoms in total. The van der Waals surface area contributed by atoms with E-state index in [9.17, 15) is 19.7 Å². The zero-order chi connectivity index (χ0) is 18.8. The first-order chi connectivity index (χ1) is 12.3. The van der Waals surface area contributed by atoms with Crippen LogP contribution < -0.4 is 10.2 Å². The second-order valence-corrected chi connectivity index (χ2v) is 6.56. The summed E-state index contributed by atoms with van der Waals surface area (Å²) in [6, 6.07) is 10.9. The van der Waals surface area contributed by atoms with Crippen molar-refractivity contribution in [3.63, 3.8) is 0 Å². The van der Waals surface area contributed by atoms with Crippen LogP contribution in [0.5, 0.6) is 0 Å². The van der Waals surface area contributed by atoms with Crippen LogP contribution in [-0.4, -0.2) is 23.3 Å². The summed E-state index contributed by atoms with van der Waals surface area (Å²) in [6.07, 6.45) is 0.0857. The lowest BCUT2D eigenvalue weighted by Crippen LogP contribution is -2.28. The van der Waals surface area contributed by atoms with Gasteiger partial charge >= 0.3 is 0 Å². The summed E-state index contributed by atoms with van der Waals surface area (Å²) in [6.45, 7) is 2.08. The Morgan fingerprint density at radius 2 is 1.96 bits per heavy atom. The zero-order valence-electron chi connectivity index (χ0n) is 13.9. The summed E-state index contributed by atoms with van der Waals surface area (Å²) >= 11 is 5.96. The van der Waals surface area contributed by atoms with Gasteiger partial charge in [-0.05, 0) is 36.8 Å². The summed E-state index contributed by atoms with van der Waals surface area (Å²) < 4.78 is 0. The average molecular weight is 374 g/mol. The molecule has 8 heteroatoms. The molecule has 134 valence electrons. The van der Waals surface area contributed by atoms with Crippen LogP contribution in [0.15, 0.2) is 42.5 Å². The van der Waals surface area contributed by atoms with Crippen molar-refractivity contribution in [1.82, 2.24) is 0 Å². The molecule has 0 unspecified atom stereocenters. The van der Waals surface area contributed by atoms with E-state index in [0.717, 1.165) is 5.56 Å². The number of carbonyl (C=O) groups excluding carboxylic acids is 2. The second-order valence-electron chi connectivity index (χ2n) is 6.13. The van der Waals surface area contributed by atoms with Crippen molar-refractivity contribution in [3.05, 3.63) is 63.2 Å². The molecule has 2 amide bonds. The third-order valence-corrected chi connectivity index (χ3v) is 4.56. The predicted molar refractivity (Wildman–Crippen MR) is 98.4 cm³/mol. The monoisotopic (exact) mass is 373 g/mol. The topological polar surface area (TPSA) is 92.6 Å². The van der Waals surface area contributed by atoms with Crippen molar-refractivity contribution in [2.75, 3.05) is 16.8 Å². The second kappa shape index (κ2) is 7.13. The van der Waals surface area contributed by atoms with E-state index >= 15 is 0 Å². The molecule has 1 N–H and O–H groups in total. The van der Waals surface area contributed by atoms with Crippen LogP contribution in [0.3, 0.4) is 0 Å². The number of amides is 2. The number of nitrogens with one attached hydrogen (secondary N) is 1. The first kappa shape index (κ1) is 17.9. The first-order valence-corrected chi connectivity index (χ1v) is 8.35. The number of carbonyl (C=O) groups is 2. The number of hydrogen-bond acceptors (Lipinski definition) is 4. The minimum atomic E-state index is -0.504. The molecule has 1 atom stereocenters. The van der Waals surface area contributed by atoms with Crippen LogP contribution in [0, 0.1) is 23.0 Å². The number of rotatable bonds is 4. The van der Waals surface area contributed by atoms with E-state index < -0.39 is 10.8 Å². The van der Waals surface area contributed by atoms with Crippen molar-refractivity contribution < 1.29 is 14.5 Å². The molecule has 0 saturated carbocycles. The van der Waals surface area contributed by atoms with Gasteiger partial charge in [0.05, 0.1) is 10.8 Å². The van der Waals surface area contributed by atoms with Crippen molar-refractivity contribution in [1.29, 1.82) is 0 Å². The zero-order valence-corrected chi connectivity index (χ0v) is 14.7. The van der Waals surface area contributed by atoms with Gasteiger partial charge in [0.15, 0.2) is 0 Å². The summed E-state index contributed by atoms with van der Waals surface area (Å²) in [7, 11) is 0. The quantitative estimate of drug-likeness (QED) is 0.655. The van der Waals surface area contributed by atoms with E-state index in [2.05, 4.69) is 5.32 Å². The molecule has 1 fully saturated rings. The van der Waals surface area contributed by atoms with Crippen LogP contribution >= 0.6 is 11.6 Å². The highest BCUT2D eigenvalue weighted by molar-refractivity contribution is 6.31. The normalized spacial score (nSPS) is 16.6. The molecule has 1 heterocycles. The van der Waals surface area contributed by atoms with Gasteiger partial charge < -0.3 is 10.2 Å². The van der Waals surface area contributed by atoms with Gasteiger partial charge in [0.25, 0.3) is 5.69 Å². The molecule has 1 aliphatic heterocycles. The van der Waals surface area contributed by atoms with Crippen LogP contribution in [0.25, 0.3) is 0 Å². The van der Waals surface area contributed by atoms with E-state index in [4.69, 9.17) is 11.6 Å². The molecular formula is C18H16ClN3O4. The molecule has 0 aromatic heterocycles.